The molecule has 7 nitrogen and oxygen atoms in total. The minimum atomic E-state index is -4.52. The molecule has 2 aromatic carbocycles. The summed E-state index contributed by atoms with van der Waals surface area (Å²) in [5.41, 5.74) is 0.907. The zero-order valence-electron chi connectivity index (χ0n) is 17.6. The maximum absolute atomic E-state index is 15.5. The average Bonchev–Trinajstić information content (AvgIpc) is 2.81. The van der Waals surface area contributed by atoms with Gasteiger partial charge in [0.05, 0.1) is 7.11 Å². The van der Waals surface area contributed by atoms with Crippen LogP contribution in [0.15, 0.2) is 53.7 Å². The number of hydrogen-bond donors (Lipinski definition) is 2. The monoisotopic (exact) mass is 494 g/mol. The number of hydrogen-bond acceptors (Lipinski definition) is 6. The molecule has 174 valence electrons. The van der Waals surface area contributed by atoms with Crippen molar-refractivity contribution in [2.24, 2.45) is 0 Å². The molecule has 2 atom stereocenters. The maximum atomic E-state index is 15.5. The van der Waals surface area contributed by atoms with Gasteiger partial charge in [-0.2, -0.15) is 0 Å². The number of aromatic nitrogens is 2. The number of piperidine rings is 1. The third kappa shape index (κ3) is 4.78. The van der Waals surface area contributed by atoms with Crippen molar-refractivity contribution in [3.05, 3.63) is 76.6 Å². The molecule has 2 N–H and O–H groups in total. The second kappa shape index (κ2) is 9.58. The van der Waals surface area contributed by atoms with E-state index in [4.69, 9.17) is 16.3 Å². The Kier molecular flexibility index (Phi) is 6.78. The van der Waals surface area contributed by atoms with Crippen LogP contribution in [0.25, 0.3) is 0 Å². The van der Waals surface area contributed by atoms with Crippen LogP contribution in [0.5, 0.6) is 5.75 Å². The van der Waals surface area contributed by atoms with Gasteiger partial charge in [-0.05, 0) is 48.7 Å². The molecule has 0 spiro atoms. The van der Waals surface area contributed by atoms with Crippen LogP contribution in [0, 0.1) is 11.6 Å². The molecule has 1 fully saturated rings. The van der Waals surface area contributed by atoms with Gasteiger partial charge in [0, 0.05) is 35.4 Å². The number of anilines is 1. The normalized spacial score (nSPS) is 18.7. The summed E-state index contributed by atoms with van der Waals surface area (Å²) in [6.07, 6.45) is 3.31. The van der Waals surface area contributed by atoms with Crippen LogP contribution in [-0.2, 0) is 10.0 Å². The molecule has 4 rings (SSSR count). The van der Waals surface area contributed by atoms with Crippen molar-refractivity contribution in [2.75, 3.05) is 24.9 Å². The first-order chi connectivity index (χ1) is 15.8. The predicted molar refractivity (Wildman–Crippen MR) is 120 cm³/mol. The van der Waals surface area contributed by atoms with E-state index in [1.54, 1.807) is 12.1 Å². The standard InChI is InChI=1S/C22H21ClF2N4O3S/c1-32-21-19(16-12-26-10-7-15(16)13-3-5-14(23)6-4-13)17(24)11-18(20(21)25)33(30,31)29-22-27-8-2-9-28-22/h2-6,8-9,11,15-16,26H,7,10,12H2,1H3,(H,27,28,29)/t15-,16+/m0/s1. The zero-order valence-corrected chi connectivity index (χ0v) is 19.1. The molecule has 0 radical (unpaired) electrons. The summed E-state index contributed by atoms with van der Waals surface area (Å²) in [4.78, 5) is 6.63. The Morgan fingerprint density at radius 3 is 2.52 bits per heavy atom. The van der Waals surface area contributed by atoms with Crippen molar-refractivity contribution in [3.8, 4) is 5.75 Å². The summed E-state index contributed by atoms with van der Waals surface area (Å²) < 4.78 is 63.7. The lowest BCUT2D eigenvalue weighted by Gasteiger charge is -2.34. The lowest BCUT2D eigenvalue weighted by atomic mass is 9.77. The van der Waals surface area contributed by atoms with Crippen molar-refractivity contribution >= 4 is 27.6 Å². The first kappa shape index (κ1) is 23.3. The van der Waals surface area contributed by atoms with Gasteiger partial charge >= 0.3 is 0 Å². The number of benzene rings is 2. The number of sulfonamides is 1. The minimum Gasteiger partial charge on any atom is -0.493 e. The molecule has 0 bridgehead atoms. The Hall–Kier alpha value is -2.82. The summed E-state index contributed by atoms with van der Waals surface area (Å²) in [6.45, 7) is 1.06. The maximum Gasteiger partial charge on any atom is 0.267 e. The Morgan fingerprint density at radius 1 is 1.15 bits per heavy atom. The molecule has 1 aromatic heterocycles. The van der Waals surface area contributed by atoms with Crippen molar-refractivity contribution in [3.63, 3.8) is 0 Å². The lowest BCUT2D eigenvalue weighted by molar-refractivity contribution is 0.340. The number of methoxy groups -OCH3 is 1. The van der Waals surface area contributed by atoms with Crippen LogP contribution in [0.2, 0.25) is 5.02 Å². The molecule has 1 saturated heterocycles. The van der Waals surface area contributed by atoms with Crippen molar-refractivity contribution in [2.45, 2.75) is 23.2 Å². The molecule has 1 aliphatic rings. The molecule has 0 saturated carbocycles. The predicted octanol–water partition coefficient (Wildman–Crippen LogP) is 4.08. The third-order valence-electron chi connectivity index (χ3n) is 5.61. The Labute approximate surface area is 195 Å². The molecule has 3 aromatic rings. The van der Waals surface area contributed by atoms with Crippen LogP contribution < -0.4 is 14.8 Å². The molecule has 0 amide bonds. The molecule has 2 heterocycles. The van der Waals surface area contributed by atoms with Gasteiger partial charge in [-0.15, -0.1) is 0 Å². The van der Waals surface area contributed by atoms with E-state index in [1.807, 2.05) is 12.1 Å². The van der Waals surface area contributed by atoms with Crippen LogP contribution in [-0.4, -0.2) is 38.6 Å². The SMILES string of the molecule is COc1c(F)c(S(=O)(=O)Nc2ncccn2)cc(F)c1[C@@H]1CNCC[C@H]1c1ccc(Cl)cc1. The number of halogens is 3. The van der Waals surface area contributed by atoms with Crippen molar-refractivity contribution in [1.82, 2.24) is 15.3 Å². The largest absolute Gasteiger partial charge is 0.493 e. The highest BCUT2D eigenvalue weighted by Crippen LogP contribution is 2.44. The fourth-order valence-electron chi connectivity index (χ4n) is 4.13. The van der Waals surface area contributed by atoms with Gasteiger partial charge in [0.2, 0.25) is 5.95 Å². The third-order valence-corrected chi connectivity index (χ3v) is 7.19. The van der Waals surface area contributed by atoms with Gasteiger partial charge in [0.1, 0.15) is 10.7 Å². The average molecular weight is 495 g/mol. The lowest BCUT2D eigenvalue weighted by Crippen LogP contribution is -2.35. The molecule has 0 aliphatic carbocycles. The first-order valence-electron chi connectivity index (χ1n) is 10.1. The van der Waals surface area contributed by atoms with Crippen LogP contribution in [0.4, 0.5) is 14.7 Å². The van der Waals surface area contributed by atoms with Crippen molar-refractivity contribution in [1.29, 1.82) is 0 Å². The molecule has 33 heavy (non-hydrogen) atoms. The fourth-order valence-corrected chi connectivity index (χ4v) is 5.30. The van der Waals surface area contributed by atoms with Crippen LogP contribution in [0.1, 0.15) is 29.4 Å². The van der Waals surface area contributed by atoms with Gasteiger partial charge < -0.3 is 10.1 Å². The number of nitrogens with one attached hydrogen (secondary N) is 2. The number of nitrogens with zero attached hydrogens (tertiary/aromatic N) is 2. The second-order valence-electron chi connectivity index (χ2n) is 7.55. The van der Waals surface area contributed by atoms with E-state index in [2.05, 4.69) is 20.0 Å². The van der Waals surface area contributed by atoms with Crippen LogP contribution in [0.3, 0.4) is 0 Å². The zero-order chi connectivity index (χ0) is 23.6. The summed E-state index contributed by atoms with van der Waals surface area (Å²) in [5.74, 6) is -3.42. The van der Waals surface area contributed by atoms with E-state index >= 15 is 8.78 Å². The Morgan fingerprint density at radius 2 is 1.85 bits per heavy atom. The van der Waals surface area contributed by atoms with Crippen LogP contribution >= 0.6 is 11.6 Å². The van der Waals surface area contributed by atoms with E-state index in [0.29, 0.717) is 30.6 Å². The molecule has 11 heteroatoms. The van der Waals surface area contributed by atoms with E-state index in [-0.39, 0.29) is 17.4 Å². The highest BCUT2D eigenvalue weighted by Gasteiger charge is 2.36. The minimum absolute atomic E-state index is 0.0166. The fraction of sp³-hybridized carbons (Fsp3) is 0.273. The summed E-state index contributed by atoms with van der Waals surface area (Å²) in [6, 6.07) is 9.37. The van der Waals surface area contributed by atoms with Gasteiger partial charge in [0.25, 0.3) is 10.0 Å². The highest BCUT2D eigenvalue weighted by molar-refractivity contribution is 7.92. The van der Waals surface area contributed by atoms with Gasteiger partial charge in [-0.1, -0.05) is 23.7 Å². The second-order valence-corrected chi connectivity index (χ2v) is 9.64. The quantitative estimate of drug-likeness (QED) is 0.536. The van der Waals surface area contributed by atoms with E-state index < -0.39 is 38.2 Å². The molecule has 1 aliphatic heterocycles. The number of rotatable bonds is 6. The van der Waals surface area contributed by atoms with Gasteiger partial charge in [0.15, 0.2) is 11.6 Å². The van der Waals surface area contributed by atoms with Gasteiger partial charge in [-0.25, -0.2) is 31.9 Å². The smallest absolute Gasteiger partial charge is 0.267 e. The van der Waals surface area contributed by atoms with E-state index in [9.17, 15) is 8.42 Å². The summed E-state index contributed by atoms with van der Waals surface area (Å²) in [7, 11) is -3.34. The number of ether oxygens (including phenoxy) is 1. The first-order valence-corrected chi connectivity index (χ1v) is 12.0. The van der Waals surface area contributed by atoms with Crippen molar-refractivity contribution < 1.29 is 21.9 Å². The summed E-state index contributed by atoms with van der Waals surface area (Å²) >= 11 is 6.00. The van der Waals surface area contributed by atoms with Gasteiger partial charge in [-0.3, -0.25) is 0 Å². The van der Waals surface area contributed by atoms with E-state index in [0.717, 1.165) is 5.56 Å². The Bertz CT molecular complexity index is 1240. The molecular weight excluding hydrogens is 474 g/mol. The molecule has 0 unspecified atom stereocenters. The molecular formula is C22H21ClF2N4O3S. The van der Waals surface area contributed by atoms with E-state index in [1.165, 1.54) is 25.6 Å². The Balaban J connectivity index is 1.78. The topological polar surface area (TPSA) is 93.2 Å². The summed E-state index contributed by atoms with van der Waals surface area (Å²) in [5, 5.41) is 3.77. The highest BCUT2D eigenvalue weighted by atomic mass is 35.5.